The minimum atomic E-state index is -1.77. The van der Waals surface area contributed by atoms with Crippen LogP contribution in [0.15, 0.2) is 18.6 Å². The number of amides is 4. The lowest BCUT2D eigenvalue weighted by atomic mass is 9.88. The second kappa shape index (κ2) is 47.5. The predicted octanol–water partition coefficient (Wildman–Crippen LogP) is -7.82. The zero-order chi connectivity index (χ0) is 80.3. The lowest BCUT2D eigenvalue weighted by Gasteiger charge is -2.42. The Labute approximate surface area is 650 Å². The van der Waals surface area contributed by atoms with E-state index in [4.69, 9.17) is 105 Å². The zero-order valence-electron chi connectivity index (χ0n) is 63.8. The van der Waals surface area contributed by atoms with E-state index in [2.05, 4.69) is 52.2 Å². The van der Waals surface area contributed by atoms with Gasteiger partial charge in [-0.05, 0) is 6.42 Å². The summed E-state index contributed by atoms with van der Waals surface area (Å²) < 4.78 is 120. The number of rotatable bonds is 61. The molecule has 0 unspecified atom stereocenters. The van der Waals surface area contributed by atoms with Crippen LogP contribution in [0.3, 0.4) is 0 Å². The van der Waals surface area contributed by atoms with Gasteiger partial charge in [-0.2, -0.15) is 9.78 Å². The van der Waals surface area contributed by atoms with Crippen molar-refractivity contribution in [2.24, 2.45) is 0 Å². The maximum absolute atomic E-state index is 13.6. The maximum atomic E-state index is 13.6. The fraction of sp³-hybridized carbons (Fsp3) is 0.851. The molecule has 6 bridgehead atoms. The summed E-state index contributed by atoms with van der Waals surface area (Å²) >= 11 is 0. The van der Waals surface area contributed by atoms with Crippen LogP contribution >= 0.6 is 0 Å². The minimum Gasteiger partial charge on any atom is -0.396 e. The Morgan fingerprint density at radius 2 is 0.770 bits per heavy atom. The molecule has 0 radical (unpaired) electrons. The van der Waals surface area contributed by atoms with E-state index >= 15 is 0 Å². The fourth-order valence-electron chi connectivity index (χ4n) is 12.5. The van der Waals surface area contributed by atoms with E-state index in [0.29, 0.717) is 103 Å². The summed E-state index contributed by atoms with van der Waals surface area (Å²) in [6.07, 6.45) is -5.92. The Kier molecular flexibility index (Phi) is 38.3. The second-order valence-electron chi connectivity index (χ2n) is 27.4. The van der Waals surface area contributed by atoms with E-state index in [1.165, 1.54) is 20.8 Å². The summed E-state index contributed by atoms with van der Waals surface area (Å²) in [5.74, 6) is -3.39. The smallest absolute Gasteiger partial charge is 0.256 e. The highest BCUT2D eigenvalue weighted by atomic mass is 17.3. The van der Waals surface area contributed by atoms with Gasteiger partial charge in [0.1, 0.15) is 95.2 Å². The minimum absolute atomic E-state index is 0.00634. The molecule has 9 heterocycles. The highest BCUT2D eigenvalue weighted by Crippen LogP contribution is 2.40. The first-order valence-electron chi connectivity index (χ1n) is 37.5. The molecule has 4 amide bonds. The lowest BCUT2D eigenvalue weighted by Crippen LogP contribution is -2.66. The van der Waals surface area contributed by atoms with Gasteiger partial charge in [0.05, 0.1) is 243 Å². The Bertz CT molecular complexity index is 2940. The third-order valence-electron chi connectivity index (χ3n) is 18.2. The molecule has 3 aromatic rings. The predicted molar refractivity (Wildman–Crippen MR) is 372 cm³/mol. The van der Waals surface area contributed by atoms with Crippen LogP contribution in [-0.4, -0.2) is 399 Å². The molecule has 46 heteroatoms. The molecule has 642 valence electrons. The molecule has 46 nitrogen and oxygen atoms in total. The molecule has 0 aliphatic carbocycles. The topological polar surface area (TPSA) is 553 Å². The summed E-state index contributed by atoms with van der Waals surface area (Å²) in [5, 5.41) is 109. The van der Waals surface area contributed by atoms with Crippen molar-refractivity contribution in [3.8, 4) is 0 Å². The van der Waals surface area contributed by atoms with Crippen molar-refractivity contribution in [2.45, 2.75) is 169 Å². The first-order valence-corrected chi connectivity index (χ1v) is 37.5. The van der Waals surface area contributed by atoms with E-state index in [9.17, 15) is 54.9 Å². The Morgan fingerprint density at radius 3 is 1.12 bits per heavy atom. The van der Waals surface area contributed by atoms with Crippen molar-refractivity contribution in [3.63, 3.8) is 0 Å². The summed E-state index contributed by atoms with van der Waals surface area (Å²) in [6, 6.07) is -2.85. The van der Waals surface area contributed by atoms with Gasteiger partial charge in [-0.1, -0.05) is 15.6 Å². The summed E-state index contributed by atoms with van der Waals surface area (Å²) in [5.41, 5.74) is -2.40. The number of ether oxygens (including phenoxy) is 20. The number of aliphatic hydroxyl groups is 7. The van der Waals surface area contributed by atoms with Crippen molar-refractivity contribution in [3.05, 3.63) is 35.7 Å². The van der Waals surface area contributed by atoms with Crippen LogP contribution in [0.4, 0.5) is 0 Å². The molecule has 6 aliphatic rings. The molecule has 9 rings (SSSR count). The summed E-state index contributed by atoms with van der Waals surface area (Å²) in [4.78, 5) is 58.5. The lowest BCUT2D eigenvalue weighted by molar-refractivity contribution is -0.358. The molecule has 6 aliphatic heterocycles. The van der Waals surface area contributed by atoms with Crippen LogP contribution in [0.5, 0.6) is 0 Å². The zero-order valence-corrected chi connectivity index (χ0v) is 63.8. The van der Waals surface area contributed by atoms with Crippen LogP contribution in [0, 0.1) is 0 Å². The van der Waals surface area contributed by atoms with Crippen LogP contribution in [-0.2, 0) is 163 Å². The van der Waals surface area contributed by atoms with E-state index in [0.717, 1.165) is 0 Å². The number of carbonyl (C=O) groups is 4. The number of aromatic nitrogens is 9. The normalized spacial score (nSPS) is 27.6. The average Bonchev–Trinajstić information content (AvgIpc) is 1.66. The summed E-state index contributed by atoms with van der Waals surface area (Å²) in [6.45, 7) is 9.41. The highest BCUT2D eigenvalue weighted by molar-refractivity contribution is 5.77. The third kappa shape index (κ3) is 28.5. The molecule has 6 saturated heterocycles. The maximum Gasteiger partial charge on any atom is 0.256 e. The number of fused-ring (bicyclic) bond motifs is 6. The number of hydrogen-bond acceptors (Lipinski definition) is 39. The molecular weight excluding hydrogens is 1510 g/mol. The fourth-order valence-corrected chi connectivity index (χ4v) is 12.5. The second-order valence-corrected chi connectivity index (χ2v) is 27.4. The molecule has 0 aromatic carbocycles. The number of aliphatic hydroxyl groups excluding tert-OH is 7. The van der Waals surface area contributed by atoms with Crippen LogP contribution in [0.25, 0.3) is 0 Å². The van der Waals surface area contributed by atoms with Gasteiger partial charge in [0.25, 0.3) is 5.79 Å². The number of hydrogen-bond donors (Lipinski definition) is 11. The van der Waals surface area contributed by atoms with Gasteiger partial charge >= 0.3 is 0 Å². The SMILES string of the molecule is CC(=O)N[C@H]1[C@H]2OC[C@](COCCOCCOCCOCCn3cc(COCC(COCc4cn(CCOCCOCCOCCOC[C@@]56CO[C@@H](O5)[C@H](NC(C)=O)[C@@H](O)[C@H]6O)nn4)(COCc4cn(CCOCCOCCOCCOC[C@@]56OO[C@@H](O5)[C@H](NC(C)=O)[C@@H](O)[C@H]6O)nn4)NC(=O)CCCO)nn3)(O2)[C@H](O)[C@@H]1O. The Morgan fingerprint density at radius 1 is 0.442 bits per heavy atom. The van der Waals surface area contributed by atoms with E-state index in [1.54, 1.807) is 32.6 Å². The molecule has 11 N–H and O–H groups in total. The number of carbonyl (C=O) groups excluding carboxylic acids is 4. The number of nitrogens with zero attached hydrogens (tertiary/aromatic N) is 9. The van der Waals surface area contributed by atoms with Gasteiger partial charge in [0.2, 0.25) is 29.9 Å². The standard InChI is InChI=1S/C67H111N13O33/c1-45(82)68-52-55(86)58(89)65(42-107-61(52)109-65)40-101-28-25-98-22-19-95-16-13-92-10-6-78-31-48(72-75-78)34-104-37-64(71-51(85)5-4-9-81,38-105-35-49-32-79(76-73-49)7-11-93-14-17-96-20-23-99-26-29-102-41-66-43-108-62(110-66)53(69-46(2)83)56(87)59(66)90)39-106-36-50-33-80(77-74-50)8-12-94-15-18-97-21-24-100-27-30-103-44-67-60(91)57(88)54(70-47(3)84)63(111-67)112-113-67/h31-33,52-63,81,86-91H,4-30,34-44H2,1-3H3,(H,68,82)(H,69,83)(H,70,84)(H,71,85)/t52-,53-,54-,55-,56-,57-,58-,59-,60-,61+,62+,63-,65+,66+,67+/m1/s1. The molecule has 3 aromatic heterocycles. The van der Waals surface area contributed by atoms with Crippen molar-refractivity contribution in [2.75, 3.05) is 198 Å². The van der Waals surface area contributed by atoms with Gasteiger partial charge in [0.15, 0.2) is 12.6 Å². The molecule has 0 spiro atoms. The third-order valence-corrected chi connectivity index (χ3v) is 18.2. The van der Waals surface area contributed by atoms with Gasteiger partial charge in [0, 0.05) is 33.8 Å². The molecule has 113 heavy (non-hydrogen) atoms. The number of nitrogens with one attached hydrogen (secondary N) is 4. The quantitative estimate of drug-likeness (QED) is 0.0185. The van der Waals surface area contributed by atoms with Gasteiger partial charge < -0.3 is 152 Å². The summed E-state index contributed by atoms with van der Waals surface area (Å²) in [7, 11) is 0. The van der Waals surface area contributed by atoms with Crippen molar-refractivity contribution < 1.29 is 159 Å². The highest BCUT2D eigenvalue weighted by Gasteiger charge is 2.63. The van der Waals surface area contributed by atoms with Crippen molar-refractivity contribution >= 4 is 23.6 Å². The molecule has 0 saturated carbocycles. The average molecular weight is 1630 g/mol. The van der Waals surface area contributed by atoms with Gasteiger partial charge in [-0.15, -0.1) is 15.3 Å². The van der Waals surface area contributed by atoms with Crippen LogP contribution in [0.1, 0.15) is 50.7 Å². The van der Waals surface area contributed by atoms with Crippen LogP contribution in [0.2, 0.25) is 0 Å². The first kappa shape index (κ1) is 91.0. The molecular formula is C67H111N13O33. The monoisotopic (exact) mass is 1630 g/mol. The van der Waals surface area contributed by atoms with Crippen molar-refractivity contribution in [1.82, 2.24) is 66.2 Å². The van der Waals surface area contributed by atoms with Crippen molar-refractivity contribution in [1.29, 1.82) is 0 Å². The van der Waals surface area contributed by atoms with E-state index in [1.807, 2.05) is 0 Å². The van der Waals surface area contributed by atoms with Gasteiger partial charge in [-0.25, -0.2) is 14.0 Å². The molecule has 6 fully saturated rings. The first-order chi connectivity index (χ1) is 54.7. The van der Waals surface area contributed by atoms with Crippen LogP contribution < -0.4 is 21.3 Å². The van der Waals surface area contributed by atoms with E-state index < -0.39 is 120 Å². The largest absolute Gasteiger partial charge is 0.396 e. The van der Waals surface area contributed by atoms with Gasteiger partial charge in [-0.3, -0.25) is 19.2 Å². The Hall–Kier alpha value is -5.86. The van der Waals surface area contributed by atoms with E-state index in [-0.39, 0.29) is 165 Å². The molecule has 15 atom stereocenters. The Balaban J connectivity index is 0.652.